The van der Waals surface area contributed by atoms with Crippen LogP contribution in [-0.2, 0) is 9.47 Å². The Morgan fingerprint density at radius 2 is 2.30 bits per heavy atom. The topological polar surface area (TPSA) is 89.9 Å². The van der Waals surface area contributed by atoms with Gasteiger partial charge < -0.3 is 24.8 Å². The highest BCUT2D eigenvalue weighted by Gasteiger charge is 2.60. The molecule has 8 heteroatoms. The van der Waals surface area contributed by atoms with E-state index in [4.69, 9.17) is 14.6 Å². The minimum absolute atomic E-state index is 0.101. The zero-order valence-corrected chi connectivity index (χ0v) is 11.3. The van der Waals surface area contributed by atoms with Crippen LogP contribution in [0.4, 0.5) is 4.79 Å². The van der Waals surface area contributed by atoms with Crippen LogP contribution < -0.4 is 5.32 Å². The van der Waals surface area contributed by atoms with Crippen LogP contribution in [0.25, 0.3) is 0 Å². The molecule has 110 valence electrons. The Hall–Kier alpha value is -1.64. The second-order valence-corrected chi connectivity index (χ2v) is 5.18. The standard InChI is InChI=1S/C12H18N4O4/c1-15(2)6-13-8-3-4-16(12(18)14-8)11-10-9(20-10)7(5-17)19-11/h3-4,6-11,17H,5H2,1-2H3,(H,14,18)/b13-6-/t7-,8?,9?,10-,11-/m1/s1. The van der Waals surface area contributed by atoms with Crippen molar-refractivity contribution in [3.63, 3.8) is 0 Å². The quantitative estimate of drug-likeness (QED) is 0.389. The van der Waals surface area contributed by atoms with Crippen molar-refractivity contribution < 1.29 is 19.4 Å². The number of aliphatic imine (C=N–C) groups is 1. The predicted octanol–water partition coefficient (Wildman–Crippen LogP) is -1.07. The van der Waals surface area contributed by atoms with Gasteiger partial charge in [-0.3, -0.25) is 4.90 Å². The number of carbonyl (C=O) groups is 1. The molecule has 0 bridgehead atoms. The van der Waals surface area contributed by atoms with E-state index < -0.39 is 6.23 Å². The van der Waals surface area contributed by atoms with Crippen LogP contribution in [0.1, 0.15) is 0 Å². The van der Waals surface area contributed by atoms with Gasteiger partial charge in [0.25, 0.3) is 0 Å². The van der Waals surface area contributed by atoms with E-state index in [1.807, 2.05) is 14.1 Å². The van der Waals surface area contributed by atoms with E-state index >= 15 is 0 Å². The van der Waals surface area contributed by atoms with Gasteiger partial charge in [0, 0.05) is 20.3 Å². The molecule has 3 heterocycles. The number of fused-ring (bicyclic) bond motifs is 1. The van der Waals surface area contributed by atoms with Crippen molar-refractivity contribution in [3.8, 4) is 0 Å². The Bertz CT molecular complexity index is 453. The molecule has 0 aromatic carbocycles. The Morgan fingerprint density at radius 1 is 1.50 bits per heavy atom. The molecule has 8 nitrogen and oxygen atoms in total. The van der Waals surface area contributed by atoms with Crippen molar-refractivity contribution in [1.29, 1.82) is 0 Å². The zero-order chi connectivity index (χ0) is 14.3. The highest BCUT2D eigenvalue weighted by Crippen LogP contribution is 2.40. The number of nitrogens with one attached hydrogen (secondary N) is 1. The van der Waals surface area contributed by atoms with Crippen LogP contribution in [-0.4, -0.2) is 78.7 Å². The van der Waals surface area contributed by atoms with E-state index in [1.54, 1.807) is 23.5 Å². The number of nitrogens with zero attached hydrogens (tertiary/aromatic N) is 3. The van der Waals surface area contributed by atoms with Crippen LogP contribution in [0, 0.1) is 0 Å². The monoisotopic (exact) mass is 282 g/mol. The van der Waals surface area contributed by atoms with Gasteiger partial charge in [-0.05, 0) is 6.08 Å². The third-order valence-corrected chi connectivity index (χ3v) is 3.37. The van der Waals surface area contributed by atoms with E-state index in [2.05, 4.69) is 10.3 Å². The van der Waals surface area contributed by atoms with Crippen LogP contribution in [0.15, 0.2) is 17.3 Å². The third-order valence-electron chi connectivity index (χ3n) is 3.37. The second-order valence-electron chi connectivity index (χ2n) is 5.18. The molecule has 2 saturated heterocycles. The van der Waals surface area contributed by atoms with Crippen LogP contribution in [0.3, 0.4) is 0 Å². The fraction of sp³-hybridized carbons (Fsp3) is 0.667. The summed E-state index contributed by atoms with van der Waals surface area (Å²) in [6, 6.07) is -0.286. The molecular weight excluding hydrogens is 264 g/mol. The van der Waals surface area contributed by atoms with Gasteiger partial charge in [-0.25, -0.2) is 9.79 Å². The Kier molecular flexibility index (Phi) is 3.36. The van der Waals surface area contributed by atoms with Crippen molar-refractivity contribution in [2.24, 2.45) is 4.99 Å². The summed E-state index contributed by atoms with van der Waals surface area (Å²) in [6.45, 7) is -0.105. The highest BCUT2D eigenvalue weighted by molar-refractivity contribution is 5.77. The molecule has 3 aliphatic rings. The first-order valence-corrected chi connectivity index (χ1v) is 6.49. The van der Waals surface area contributed by atoms with Gasteiger partial charge in [0.2, 0.25) is 0 Å². The fourth-order valence-corrected chi connectivity index (χ4v) is 2.35. The molecule has 3 aliphatic heterocycles. The summed E-state index contributed by atoms with van der Waals surface area (Å²) in [4.78, 5) is 19.5. The van der Waals surface area contributed by atoms with Crippen molar-refractivity contribution in [1.82, 2.24) is 15.1 Å². The Labute approximate surface area is 116 Å². The maximum absolute atomic E-state index is 12.1. The molecule has 20 heavy (non-hydrogen) atoms. The summed E-state index contributed by atoms with van der Waals surface area (Å²) in [5.74, 6) is 0. The number of carbonyl (C=O) groups excluding carboxylic acids is 1. The van der Waals surface area contributed by atoms with E-state index in [9.17, 15) is 4.79 Å². The van der Waals surface area contributed by atoms with Crippen LogP contribution >= 0.6 is 0 Å². The van der Waals surface area contributed by atoms with E-state index in [0.29, 0.717) is 0 Å². The van der Waals surface area contributed by atoms with Gasteiger partial charge in [-0.2, -0.15) is 0 Å². The smallest absolute Gasteiger partial charge is 0.325 e. The number of amides is 2. The summed E-state index contributed by atoms with van der Waals surface area (Å²) in [6.07, 6.45) is 3.60. The molecule has 0 aliphatic carbocycles. The molecule has 0 aromatic heterocycles. The average Bonchev–Trinajstić information content (AvgIpc) is 3.12. The molecule has 0 aromatic rings. The van der Waals surface area contributed by atoms with Gasteiger partial charge in [0.05, 0.1) is 12.9 Å². The third kappa shape index (κ3) is 2.37. The van der Waals surface area contributed by atoms with Gasteiger partial charge in [0.15, 0.2) is 6.23 Å². The number of urea groups is 1. The molecular formula is C12H18N4O4. The zero-order valence-electron chi connectivity index (χ0n) is 11.3. The van der Waals surface area contributed by atoms with Crippen LogP contribution in [0.2, 0.25) is 0 Å². The number of hydrogen-bond acceptors (Lipinski definition) is 5. The number of ether oxygens (including phenoxy) is 2. The first-order chi connectivity index (χ1) is 9.60. The fourth-order valence-electron chi connectivity index (χ4n) is 2.35. The Morgan fingerprint density at radius 3 is 2.90 bits per heavy atom. The van der Waals surface area contributed by atoms with Gasteiger partial charge in [-0.15, -0.1) is 0 Å². The lowest BCUT2D eigenvalue weighted by molar-refractivity contribution is -0.0933. The number of aliphatic hydroxyl groups is 1. The molecule has 3 rings (SSSR count). The van der Waals surface area contributed by atoms with Crippen molar-refractivity contribution >= 4 is 12.4 Å². The normalized spacial score (nSPS) is 39.0. The van der Waals surface area contributed by atoms with E-state index in [-0.39, 0.29) is 37.1 Å². The predicted molar refractivity (Wildman–Crippen MR) is 69.9 cm³/mol. The lowest BCUT2D eigenvalue weighted by Crippen LogP contribution is -2.51. The number of aliphatic hydroxyl groups excluding tert-OH is 1. The molecule has 5 atom stereocenters. The summed E-state index contributed by atoms with van der Waals surface area (Å²) >= 11 is 0. The van der Waals surface area contributed by atoms with E-state index in [1.165, 1.54) is 4.90 Å². The molecule has 0 radical (unpaired) electrons. The minimum Gasteiger partial charge on any atom is -0.394 e. The van der Waals surface area contributed by atoms with Gasteiger partial charge >= 0.3 is 6.03 Å². The maximum atomic E-state index is 12.1. The summed E-state index contributed by atoms with van der Waals surface area (Å²) in [5, 5.41) is 11.9. The summed E-state index contributed by atoms with van der Waals surface area (Å²) in [5.41, 5.74) is 0. The van der Waals surface area contributed by atoms with Crippen LogP contribution in [0.5, 0.6) is 0 Å². The van der Waals surface area contributed by atoms with Crippen molar-refractivity contribution in [2.75, 3.05) is 20.7 Å². The first kappa shape index (κ1) is 13.3. The lowest BCUT2D eigenvalue weighted by Gasteiger charge is -2.31. The molecule has 0 saturated carbocycles. The maximum Gasteiger partial charge on any atom is 0.325 e. The highest BCUT2D eigenvalue weighted by atomic mass is 16.7. The first-order valence-electron chi connectivity index (χ1n) is 6.49. The van der Waals surface area contributed by atoms with E-state index in [0.717, 1.165) is 0 Å². The van der Waals surface area contributed by atoms with Gasteiger partial charge in [0.1, 0.15) is 24.5 Å². The molecule has 2 amide bonds. The molecule has 2 unspecified atom stereocenters. The SMILES string of the molecule is CN(C)/C=N\C1C=CN([C@@H]2O[C@H](CO)C3O[C@H]32)C(=O)N1. The summed E-state index contributed by atoms with van der Waals surface area (Å²) < 4.78 is 11.0. The Balaban J connectivity index is 1.65. The molecule has 2 N–H and O–H groups in total. The second kappa shape index (κ2) is 5.04. The number of epoxide rings is 1. The van der Waals surface area contributed by atoms with Crippen molar-refractivity contribution in [2.45, 2.75) is 30.7 Å². The lowest BCUT2D eigenvalue weighted by atomic mass is 10.2. The summed E-state index contributed by atoms with van der Waals surface area (Å²) in [7, 11) is 3.71. The molecule has 0 spiro atoms. The average molecular weight is 282 g/mol. The number of hydrogen-bond donors (Lipinski definition) is 2. The largest absolute Gasteiger partial charge is 0.394 e. The van der Waals surface area contributed by atoms with Gasteiger partial charge in [-0.1, -0.05) is 0 Å². The number of rotatable bonds is 4. The molecule has 2 fully saturated rings. The minimum atomic E-state index is -0.479. The van der Waals surface area contributed by atoms with Crippen molar-refractivity contribution in [3.05, 3.63) is 12.3 Å².